The molecule has 1 saturated heterocycles. The van der Waals surface area contributed by atoms with Gasteiger partial charge in [0.25, 0.3) is 5.91 Å². The molecule has 0 radical (unpaired) electrons. The molecule has 7 heteroatoms. The fraction of sp³-hybridized carbons (Fsp3) is 0.550. The second kappa shape index (κ2) is 8.63. The van der Waals surface area contributed by atoms with E-state index < -0.39 is 6.04 Å². The highest BCUT2D eigenvalue weighted by Gasteiger charge is 2.39. The van der Waals surface area contributed by atoms with Crippen LogP contribution in [0.15, 0.2) is 18.2 Å². The third-order valence-corrected chi connectivity index (χ3v) is 5.37. The van der Waals surface area contributed by atoms with E-state index in [1.807, 2.05) is 18.2 Å². The summed E-state index contributed by atoms with van der Waals surface area (Å²) < 4.78 is 0. The first kappa shape index (κ1) is 19.5. The molecule has 1 fully saturated rings. The van der Waals surface area contributed by atoms with E-state index in [1.54, 1.807) is 4.90 Å². The summed E-state index contributed by atoms with van der Waals surface area (Å²) in [6.07, 6.45) is 3.80. The maximum Gasteiger partial charge on any atom is 0.255 e. The summed E-state index contributed by atoms with van der Waals surface area (Å²) in [6, 6.07) is 5.63. The summed E-state index contributed by atoms with van der Waals surface area (Å²) in [5.41, 5.74) is 8.14. The molecule has 2 heterocycles. The smallest absolute Gasteiger partial charge is 0.255 e. The maximum atomic E-state index is 13.0. The van der Waals surface area contributed by atoms with E-state index >= 15 is 0 Å². The number of piperidine rings is 1. The van der Waals surface area contributed by atoms with E-state index in [1.165, 1.54) is 0 Å². The molecular formula is C20H28N4O3. The Morgan fingerprint density at radius 3 is 2.85 bits per heavy atom. The number of amides is 3. The van der Waals surface area contributed by atoms with Crippen LogP contribution in [0.2, 0.25) is 0 Å². The lowest BCUT2D eigenvalue weighted by Gasteiger charge is -2.29. The Morgan fingerprint density at radius 2 is 2.11 bits per heavy atom. The predicted octanol–water partition coefficient (Wildman–Crippen LogP) is 1.05. The maximum absolute atomic E-state index is 13.0. The van der Waals surface area contributed by atoms with Crippen LogP contribution in [0.25, 0.3) is 0 Å². The van der Waals surface area contributed by atoms with Crippen molar-refractivity contribution in [2.75, 3.05) is 6.54 Å². The molecule has 1 aromatic rings. The second-order valence-corrected chi connectivity index (χ2v) is 7.42. The van der Waals surface area contributed by atoms with Crippen LogP contribution in [0.4, 0.5) is 0 Å². The molecule has 27 heavy (non-hydrogen) atoms. The Hall–Kier alpha value is -2.25. The Bertz CT molecular complexity index is 734. The number of fused-ring (bicyclic) bond motifs is 1. The number of rotatable bonds is 8. The molecule has 0 spiro atoms. The molecule has 0 aliphatic carbocycles. The highest BCUT2D eigenvalue weighted by Crippen LogP contribution is 2.29. The van der Waals surface area contributed by atoms with Crippen LogP contribution in [0.3, 0.4) is 0 Å². The minimum atomic E-state index is -0.571. The fourth-order valence-corrected chi connectivity index (χ4v) is 3.82. The molecule has 2 aliphatic rings. The zero-order valence-electron chi connectivity index (χ0n) is 15.8. The molecular weight excluding hydrogens is 344 g/mol. The van der Waals surface area contributed by atoms with Gasteiger partial charge in [-0.25, -0.2) is 0 Å². The largest absolute Gasteiger partial charge is 0.330 e. The van der Waals surface area contributed by atoms with Crippen molar-refractivity contribution in [2.45, 2.75) is 64.2 Å². The van der Waals surface area contributed by atoms with E-state index in [-0.39, 0.29) is 24.1 Å². The molecule has 4 N–H and O–H groups in total. The van der Waals surface area contributed by atoms with Gasteiger partial charge in [-0.1, -0.05) is 24.6 Å². The van der Waals surface area contributed by atoms with Gasteiger partial charge in [0.05, 0.1) is 0 Å². The van der Waals surface area contributed by atoms with Gasteiger partial charge < -0.3 is 16.0 Å². The second-order valence-electron chi connectivity index (χ2n) is 7.42. The van der Waals surface area contributed by atoms with Gasteiger partial charge in [0.1, 0.15) is 6.04 Å². The number of hydrogen-bond donors (Lipinski definition) is 3. The molecule has 2 aliphatic heterocycles. The lowest BCUT2D eigenvalue weighted by Crippen LogP contribution is -2.52. The van der Waals surface area contributed by atoms with E-state index in [2.05, 4.69) is 17.6 Å². The van der Waals surface area contributed by atoms with Crippen LogP contribution in [0, 0.1) is 0 Å². The van der Waals surface area contributed by atoms with Gasteiger partial charge in [0.15, 0.2) is 0 Å². The van der Waals surface area contributed by atoms with Crippen LogP contribution < -0.4 is 16.4 Å². The van der Waals surface area contributed by atoms with Gasteiger partial charge in [-0.2, -0.15) is 0 Å². The van der Waals surface area contributed by atoms with Crippen LogP contribution in [0.1, 0.15) is 60.5 Å². The molecule has 2 atom stereocenters. The van der Waals surface area contributed by atoms with E-state index in [0.717, 1.165) is 30.4 Å². The van der Waals surface area contributed by atoms with Crippen molar-refractivity contribution in [2.24, 2.45) is 5.73 Å². The van der Waals surface area contributed by atoms with Gasteiger partial charge in [-0.3, -0.25) is 19.7 Å². The highest BCUT2D eigenvalue weighted by atomic mass is 16.2. The Kier molecular flexibility index (Phi) is 6.23. The van der Waals surface area contributed by atoms with E-state index in [0.29, 0.717) is 37.7 Å². The van der Waals surface area contributed by atoms with Crippen molar-refractivity contribution < 1.29 is 14.4 Å². The van der Waals surface area contributed by atoms with Crippen LogP contribution >= 0.6 is 0 Å². The number of nitrogens with two attached hydrogens (primary N) is 1. The first-order valence-corrected chi connectivity index (χ1v) is 9.70. The summed E-state index contributed by atoms with van der Waals surface area (Å²) in [7, 11) is 0. The average Bonchev–Trinajstić information content (AvgIpc) is 2.97. The van der Waals surface area contributed by atoms with Gasteiger partial charge in [0, 0.05) is 31.1 Å². The average molecular weight is 372 g/mol. The van der Waals surface area contributed by atoms with Crippen LogP contribution in [-0.4, -0.2) is 41.2 Å². The number of unbranched alkanes of at least 4 members (excludes halogenated alkanes) is 1. The molecule has 3 amide bonds. The predicted molar refractivity (Wildman–Crippen MR) is 102 cm³/mol. The SMILES string of the molecule is CC(CCCCN)NCc1cccc2c1C(=O)N(C1CCC(=O)NC1=O)C2. The molecule has 146 valence electrons. The van der Waals surface area contributed by atoms with Gasteiger partial charge >= 0.3 is 0 Å². The normalized spacial score (nSPS) is 20.6. The third-order valence-electron chi connectivity index (χ3n) is 5.37. The molecule has 0 saturated carbocycles. The Labute approximate surface area is 159 Å². The standard InChI is InChI=1S/C20H28N4O3/c1-13(5-2-3-10-21)22-11-14-6-4-7-15-12-24(20(27)18(14)15)16-8-9-17(25)23-19(16)26/h4,6-7,13,16,22H,2-3,5,8-12,21H2,1H3,(H,23,25,26). The first-order valence-electron chi connectivity index (χ1n) is 9.70. The topological polar surface area (TPSA) is 105 Å². The Morgan fingerprint density at radius 1 is 1.30 bits per heavy atom. The third kappa shape index (κ3) is 4.36. The number of imide groups is 1. The summed E-state index contributed by atoms with van der Waals surface area (Å²) in [4.78, 5) is 38.2. The van der Waals surface area contributed by atoms with Gasteiger partial charge in [-0.05, 0) is 43.9 Å². The van der Waals surface area contributed by atoms with Gasteiger partial charge in [-0.15, -0.1) is 0 Å². The lowest BCUT2D eigenvalue weighted by atomic mass is 10.0. The van der Waals surface area contributed by atoms with Crippen molar-refractivity contribution in [3.63, 3.8) is 0 Å². The summed E-state index contributed by atoms with van der Waals surface area (Å²) in [5.74, 6) is -0.762. The first-order chi connectivity index (χ1) is 13.0. The number of carbonyl (C=O) groups is 3. The molecule has 0 bridgehead atoms. The van der Waals surface area contributed by atoms with Gasteiger partial charge in [0.2, 0.25) is 11.8 Å². The van der Waals surface area contributed by atoms with Crippen molar-refractivity contribution in [1.29, 1.82) is 0 Å². The molecule has 1 aromatic carbocycles. The molecule has 3 rings (SSSR count). The zero-order valence-corrected chi connectivity index (χ0v) is 15.8. The summed E-state index contributed by atoms with van der Waals surface area (Å²) in [5, 5.41) is 5.82. The number of hydrogen-bond acceptors (Lipinski definition) is 5. The monoisotopic (exact) mass is 372 g/mol. The minimum absolute atomic E-state index is 0.118. The van der Waals surface area contributed by atoms with E-state index in [4.69, 9.17) is 5.73 Å². The summed E-state index contributed by atoms with van der Waals surface area (Å²) >= 11 is 0. The molecule has 0 aromatic heterocycles. The van der Waals surface area contributed by atoms with E-state index in [9.17, 15) is 14.4 Å². The lowest BCUT2D eigenvalue weighted by molar-refractivity contribution is -0.136. The number of nitrogens with zero attached hydrogens (tertiary/aromatic N) is 1. The minimum Gasteiger partial charge on any atom is -0.330 e. The van der Waals surface area contributed by atoms with Crippen molar-refractivity contribution in [1.82, 2.24) is 15.5 Å². The highest BCUT2D eigenvalue weighted by molar-refractivity contribution is 6.05. The fourth-order valence-electron chi connectivity index (χ4n) is 3.82. The molecule has 2 unspecified atom stereocenters. The number of carbonyl (C=O) groups excluding carboxylic acids is 3. The van der Waals surface area contributed by atoms with Crippen LogP contribution in [0.5, 0.6) is 0 Å². The summed E-state index contributed by atoms with van der Waals surface area (Å²) in [6.45, 7) is 3.88. The van der Waals surface area contributed by atoms with Crippen molar-refractivity contribution in [3.05, 3.63) is 34.9 Å². The van der Waals surface area contributed by atoms with Crippen molar-refractivity contribution in [3.8, 4) is 0 Å². The Balaban J connectivity index is 1.67. The molecule has 7 nitrogen and oxygen atoms in total. The van der Waals surface area contributed by atoms with Crippen molar-refractivity contribution >= 4 is 17.7 Å². The number of benzene rings is 1. The number of nitrogens with one attached hydrogen (secondary N) is 2. The quantitative estimate of drug-likeness (QED) is 0.467. The zero-order chi connectivity index (χ0) is 19.4. The van der Waals surface area contributed by atoms with Crippen LogP contribution in [-0.2, 0) is 22.7 Å².